The second-order valence-corrected chi connectivity index (χ2v) is 4.08. The summed E-state index contributed by atoms with van der Waals surface area (Å²) in [5.41, 5.74) is 2.61. The number of hydrogen-bond donors (Lipinski definition) is 0. The van der Waals surface area contributed by atoms with Crippen molar-refractivity contribution < 1.29 is 0 Å². The van der Waals surface area contributed by atoms with Gasteiger partial charge in [0.1, 0.15) is 0 Å². The summed E-state index contributed by atoms with van der Waals surface area (Å²) in [7, 11) is 0. The summed E-state index contributed by atoms with van der Waals surface area (Å²) in [5, 5.41) is 9.54. The number of hydrogen-bond acceptors (Lipinski definition) is 1. The van der Waals surface area contributed by atoms with Crippen molar-refractivity contribution in [2.45, 2.75) is 25.1 Å². The highest BCUT2D eigenvalue weighted by Crippen LogP contribution is 2.11. The van der Waals surface area contributed by atoms with Gasteiger partial charge in [-0.05, 0) is 30.9 Å². The fourth-order valence-electron chi connectivity index (χ4n) is 1.24. The largest absolute Gasteiger partial charge is 0.198 e. The Hall–Kier alpha value is -0.810. The molecular weight excluding hydrogens is 238 g/mol. The van der Waals surface area contributed by atoms with Crippen LogP contribution < -0.4 is 0 Å². The van der Waals surface area contributed by atoms with Crippen LogP contribution in [-0.4, -0.2) is 0 Å². The first-order valence-corrected chi connectivity index (χ1v) is 5.92. The lowest BCUT2D eigenvalue weighted by molar-refractivity contribution is 0.660. The van der Waals surface area contributed by atoms with Crippen LogP contribution in [0.2, 0.25) is 0 Å². The first kappa shape index (κ1) is 11.3. The van der Waals surface area contributed by atoms with Gasteiger partial charge in [0.25, 0.3) is 0 Å². The fourth-order valence-corrected chi connectivity index (χ4v) is 1.62. The lowest BCUT2D eigenvalue weighted by Crippen LogP contribution is -1.94. The Labute approximate surface area is 93.9 Å². The Morgan fingerprint density at radius 3 is 2.36 bits per heavy atom. The molecule has 2 heteroatoms. The minimum absolute atomic E-state index is 0.158. The Bertz CT molecular complexity index is 310. The molecule has 0 fully saturated rings. The predicted octanol–water partition coefficient (Wildman–Crippen LogP) is 3.67. The minimum atomic E-state index is 0.158. The summed E-state index contributed by atoms with van der Waals surface area (Å²) in [6.07, 6.45) is 1.95. The van der Waals surface area contributed by atoms with Gasteiger partial charge in [-0.1, -0.05) is 40.2 Å². The van der Waals surface area contributed by atoms with Gasteiger partial charge in [-0.2, -0.15) is 5.26 Å². The molecule has 0 aliphatic carbocycles. The number of benzene rings is 1. The van der Waals surface area contributed by atoms with Gasteiger partial charge in [-0.3, -0.25) is 0 Å². The quantitative estimate of drug-likeness (QED) is 0.750. The van der Waals surface area contributed by atoms with Crippen LogP contribution in [0.25, 0.3) is 0 Å². The molecule has 0 spiro atoms. The molecule has 0 heterocycles. The van der Waals surface area contributed by atoms with Gasteiger partial charge < -0.3 is 0 Å². The molecular formula is C12H14BrN. The molecule has 1 atom stereocenters. The fraction of sp³-hybridized carbons (Fsp3) is 0.417. The van der Waals surface area contributed by atoms with E-state index in [-0.39, 0.29) is 5.92 Å². The van der Waals surface area contributed by atoms with Crippen molar-refractivity contribution in [3.63, 3.8) is 0 Å². The highest BCUT2D eigenvalue weighted by Gasteiger charge is 2.00. The first-order valence-electron chi connectivity index (χ1n) is 4.79. The zero-order valence-electron chi connectivity index (χ0n) is 8.33. The average Bonchev–Trinajstić information content (AvgIpc) is 2.26. The first-order chi connectivity index (χ1) is 6.76. The van der Waals surface area contributed by atoms with E-state index in [2.05, 4.69) is 46.3 Å². The third kappa shape index (κ3) is 3.51. The van der Waals surface area contributed by atoms with Crippen molar-refractivity contribution in [2.75, 3.05) is 0 Å². The van der Waals surface area contributed by atoms with Crippen LogP contribution in [0.1, 0.15) is 24.5 Å². The molecule has 1 aromatic carbocycles. The Morgan fingerprint density at radius 2 is 1.86 bits per heavy atom. The number of alkyl halides is 1. The van der Waals surface area contributed by atoms with Crippen molar-refractivity contribution in [3.05, 3.63) is 35.4 Å². The van der Waals surface area contributed by atoms with Crippen molar-refractivity contribution >= 4 is 15.9 Å². The van der Waals surface area contributed by atoms with Crippen molar-refractivity contribution in [1.82, 2.24) is 0 Å². The van der Waals surface area contributed by atoms with Crippen LogP contribution in [0.3, 0.4) is 0 Å². The SMILES string of the molecule is CC(C#N)CCc1ccc(CBr)cc1. The van der Waals surface area contributed by atoms with E-state index in [0.717, 1.165) is 18.2 Å². The summed E-state index contributed by atoms with van der Waals surface area (Å²) >= 11 is 3.41. The maximum atomic E-state index is 8.64. The van der Waals surface area contributed by atoms with Crippen LogP contribution in [0.15, 0.2) is 24.3 Å². The Kier molecular flexibility index (Phi) is 4.69. The van der Waals surface area contributed by atoms with Crippen LogP contribution in [0.4, 0.5) is 0 Å². The third-order valence-electron chi connectivity index (χ3n) is 2.26. The number of aryl methyl sites for hydroxylation is 1. The monoisotopic (exact) mass is 251 g/mol. The molecule has 0 amide bonds. The van der Waals surface area contributed by atoms with E-state index in [0.29, 0.717) is 0 Å². The summed E-state index contributed by atoms with van der Waals surface area (Å²) in [6, 6.07) is 10.8. The molecule has 0 aromatic heterocycles. The van der Waals surface area contributed by atoms with Gasteiger partial charge >= 0.3 is 0 Å². The topological polar surface area (TPSA) is 23.8 Å². The van der Waals surface area contributed by atoms with Gasteiger partial charge in [0, 0.05) is 11.2 Å². The number of halogens is 1. The number of nitrogens with zero attached hydrogens (tertiary/aromatic N) is 1. The summed E-state index contributed by atoms with van der Waals surface area (Å²) in [6.45, 7) is 1.97. The van der Waals surface area contributed by atoms with Gasteiger partial charge in [0.2, 0.25) is 0 Å². The van der Waals surface area contributed by atoms with Gasteiger partial charge in [0.15, 0.2) is 0 Å². The maximum Gasteiger partial charge on any atom is 0.0652 e. The van der Waals surface area contributed by atoms with Crippen molar-refractivity contribution in [3.8, 4) is 6.07 Å². The van der Waals surface area contributed by atoms with Gasteiger partial charge in [-0.15, -0.1) is 0 Å². The summed E-state index contributed by atoms with van der Waals surface area (Å²) in [5.74, 6) is 0.158. The average molecular weight is 252 g/mol. The zero-order chi connectivity index (χ0) is 10.4. The third-order valence-corrected chi connectivity index (χ3v) is 2.91. The lowest BCUT2D eigenvalue weighted by atomic mass is 10.0. The molecule has 0 aliphatic heterocycles. The molecule has 0 saturated heterocycles. The molecule has 1 aromatic rings. The lowest BCUT2D eigenvalue weighted by Gasteiger charge is -2.03. The van der Waals surface area contributed by atoms with Crippen LogP contribution in [-0.2, 0) is 11.8 Å². The molecule has 14 heavy (non-hydrogen) atoms. The van der Waals surface area contributed by atoms with Crippen molar-refractivity contribution in [2.24, 2.45) is 5.92 Å². The number of nitriles is 1. The van der Waals surface area contributed by atoms with E-state index in [1.807, 2.05) is 6.92 Å². The normalized spacial score (nSPS) is 12.1. The second-order valence-electron chi connectivity index (χ2n) is 3.52. The summed E-state index contributed by atoms with van der Waals surface area (Å²) < 4.78 is 0. The standard InChI is InChI=1S/C12H14BrN/c1-10(9-14)2-3-11-4-6-12(8-13)7-5-11/h4-7,10H,2-3,8H2,1H3. The molecule has 1 rings (SSSR count). The smallest absolute Gasteiger partial charge is 0.0652 e. The van der Waals surface area contributed by atoms with E-state index < -0.39 is 0 Å². The molecule has 0 radical (unpaired) electrons. The Balaban J connectivity index is 2.48. The molecule has 0 N–H and O–H groups in total. The highest BCUT2D eigenvalue weighted by molar-refractivity contribution is 9.08. The van der Waals surface area contributed by atoms with Crippen molar-refractivity contribution in [1.29, 1.82) is 5.26 Å². The zero-order valence-corrected chi connectivity index (χ0v) is 9.92. The van der Waals surface area contributed by atoms with Crippen LogP contribution >= 0.6 is 15.9 Å². The van der Waals surface area contributed by atoms with E-state index in [1.54, 1.807) is 0 Å². The van der Waals surface area contributed by atoms with E-state index >= 15 is 0 Å². The highest BCUT2D eigenvalue weighted by atomic mass is 79.9. The van der Waals surface area contributed by atoms with E-state index in [4.69, 9.17) is 5.26 Å². The predicted molar refractivity (Wildman–Crippen MR) is 62.2 cm³/mol. The Morgan fingerprint density at radius 1 is 1.29 bits per heavy atom. The second kappa shape index (κ2) is 5.82. The molecule has 74 valence electrons. The van der Waals surface area contributed by atoms with E-state index in [9.17, 15) is 0 Å². The van der Waals surface area contributed by atoms with Crippen LogP contribution in [0.5, 0.6) is 0 Å². The summed E-state index contributed by atoms with van der Waals surface area (Å²) in [4.78, 5) is 0. The molecule has 0 aliphatic rings. The molecule has 0 saturated carbocycles. The van der Waals surface area contributed by atoms with Gasteiger partial charge in [-0.25, -0.2) is 0 Å². The van der Waals surface area contributed by atoms with E-state index in [1.165, 1.54) is 11.1 Å². The molecule has 0 bridgehead atoms. The molecule has 1 unspecified atom stereocenters. The van der Waals surface area contributed by atoms with Crippen LogP contribution in [0, 0.1) is 17.2 Å². The maximum absolute atomic E-state index is 8.64. The number of rotatable bonds is 4. The molecule has 1 nitrogen and oxygen atoms in total. The minimum Gasteiger partial charge on any atom is -0.198 e. The van der Waals surface area contributed by atoms with Gasteiger partial charge in [0.05, 0.1) is 6.07 Å².